The summed E-state index contributed by atoms with van der Waals surface area (Å²) in [5.41, 5.74) is 5.83. The standard InChI is InChI=1S/C35H70N2O3/c1-3-5-7-9-14-20-26-34(27-21-15-10-8-6-4-2)40-35(39)28-22-16-13-18-24-31-37(32-29-36)30-23-17-11-12-19-25-33-38/h33-34H,3-32,36H2,1-2H3. The highest BCUT2D eigenvalue weighted by atomic mass is 16.5. The van der Waals surface area contributed by atoms with Crippen molar-refractivity contribution in [2.24, 2.45) is 5.73 Å². The smallest absolute Gasteiger partial charge is 0.306 e. The van der Waals surface area contributed by atoms with E-state index in [-0.39, 0.29) is 12.1 Å². The number of carbonyl (C=O) groups excluding carboxylic acids is 2. The minimum Gasteiger partial charge on any atom is -0.462 e. The second-order valence-corrected chi connectivity index (χ2v) is 12.1. The maximum absolute atomic E-state index is 12.6. The van der Waals surface area contributed by atoms with Gasteiger partial charge in [0.15, 0.2) is 0 Å². The van der Waals surface area contributed by atoms with Crippen molar-refractivity contribution in [2.45, 2.75) is 187 Å². The lowest BCUT2D eigenvalue weighted by Crippen LogP contribution is -2.31. The van der Waals surface area contributed by atoms with E-state index in [9.17, 15) is 9.59 Å². The van der Waals surface area contributed by atoms with Gasteiger partial charge in [-0.3, -0.25) is 4.79 Å². The molecule has 238 valence electrons. The molecule has 0 aromatic heterocycles. The summed E-state index contributed by atoms with van der Waals surface area (Å²) in [7, 11) is 0. The first-order chi connectivity index (χ1) is 19.7. The van der Waals surface area contributed by atoms with Crippen LogP contribution in [0, 0.1) is 0 Å². The lowest BCUT2D eigenvalue weighted by molar-refractivity contribution is -0.150. The first kappa shape index (κ1) is 39.1. The topological polar surface area (TPSA) is 72.6 Å². The summed E-state index contributed by atoms with van der Waals surface area (Å²) in [4.78, 5) is 25.5. The fraction of sp³-hybridized carbons (Fsp3) is 0.943. The Kier molecular flexibility index (Phi) is 31.8. The van der Waals surface area contributed by atoms with Crippen molar-refractivity contribution in [3.63, 3.8) is 0 Å². The van der Waals surface area contributed by atoms with Crippen molar-refractivity contribution in [3.8, 4) is 0 Å². The molecule has 0 saturated heterocycles. The van der Waals surface area contributed by atoms with Crippen LogP contribution in [-0.2, 0) is 14.3 Å². The van der Waals surface area contributed by atoms with Crippen molar-refractivity contribution >= 4 is 12.3 Å². The molecule has 0 saturated carbocycles. The number of hydrogen-bond acceptors (Lipinski definition) is 5. The molecule has 0 amide bonds. The van der Waals surface area contributed by atoms with Gasteiger partial charge in [0.25, 0.3) is 0 Å². The Morgan fingerprint density at radius 1 is 0.625 bits per heavy atom. The number of rotatable bonds is 33. The third kappa shape index (κ3) is 28.6. The molecule has 40 heavy (non-hydrogen) atoms. The molecular formula is C35H70N2O3. The lowest BCUT2D eigenvalue weighted by Gasteiger charge is -2.21. The monoisotopic (exact) mass is 567 g/mol. The Hall–Kier alpha value is -0.940. The maximum atomic E-state index is 12.6. The molecule has 0 unspecified atom stereocenters. The highest BCUT2D eigenvalue weighted by Crippen LogP contribution is 2.18. The molecule has 0 spiro atoms. The van der Waals surface area contributed by atoms with Gasteiger partial charge >= 0.3 is 5.97 Å². The zero-order chi connectivity index (χ0) is 29.4. The number of esters is 1. The summed E-state index contributed by atoms with van der Waals surface area (Å²) in [5.74, 6) is 0.0299. The molecular weight excluding hydrogens is 496 g/mol. The Morgan fingerprint density at radius 3 is 1.57 bits per heavy atom. The van der Waals surface area contributed by atoms with Crippen molar-refractivity contribution in [1.82, 2.24) is 4.90 Å². The van der Waals surface area contributed by atoms with Gasteiger partial charge in [0.1, 0.15) is 12.4 Å². The first-order valence-corrected chi connectivity index (χ1v) is 17.7. The van der Waals surface area contributed by atoms with Crippen LogP contribution in [0.4, 0.5) is 0 Å². The van der Waals surface area contributed by atoms with Gasteiger partial charge in [-0.25, -0.2) is 0 Å². The summed E-state index contributed by atoms with van der Waals surface area (Å²) in [5, 5.41) is 0. The molecule has 5 heteroatoms. The summed E-state index contributed by atoms with van der Waals surface area (Å²) in [6.07, 6.45) is 31.7. The van der Waals surface area contributed by atoms with Crippen LogP contribution in [0.5, 0.6) is 0 Å². The average molecular weight is 567 g/mol. The molecule has 2 N–H and O–H groups in total. The Labute approximate surface area is 250 Å². The summed E-state index contributed by atoms with van der Waals surface area (Å²) in [6, 6.07) is 0. The molecule has 0 fully saturated rings. The number of hydrogen-bond donors (Lipinski definition) is 1. The number of unbranched alkanes of at least 4 members (excludes halogenated alkanes) is 19. The third-order valence-electron chi connectivity index (χ3n) is 8.15. The second kappa shape index (κ2) is 32.6. The van der Waals surface area contributed by atoms with Crippen LogP contribution in [0.3, 0.4) is 0 Å². The number of aldehydes is 1. The van der Waals surface area contributed by atoms with Gasteiger partial charge < -0.3 is 20.2 Å². The Balaban J connectivity index is 4.04. The van der Waals surface area contributed by atoms with E-state index in [1.807, 2.05) is 0 Å². The maximum Gasteiger partial charge on any atom is 0.306 e. The summed E-state index contributed by atoms with van der Waals surface area (Å²) in [6.45, 7) is 8.49. The third-order valence-corrected chi connectivity index (χ3v) is 8.15. The highest BCUT2D eigenvalue weighted by Gasteiger charge is 2.14. The van der Waals surface area contributed by atoms with Gasteiger partial charge in [-0.2, -0.15) is 0 Å². The van der Waals surface area contributed by atoms with Crippen molar-refractivity contribution < 1.29 is 14.3 Å². The van der Waals surface area contributed by atoms with E-state index in [2.05, 4.69) is 18.7 Å². The molecule has 0 aliphatic heterocycles. The van der Waals surface area contributed by atoms with Gasteiger partial charge in [0.2, 0.25) is 0 Å². The van der Waals surface area contributed by atoms with E-state index in [1.54, 1.807) is 0 Å². The first-order valence-electron chi connectivity index (χ1n) is 17.7. The van der Waals surface area contributed by atoms with E-state index in [0.717, 1.165) is 64.6 Å². The molecule has 0 atom stereocenters. The van der Waals surface area contributed by atoms with Crippen LogP contribution in [0.15, 0.2) is 0 Å². The summed E-state index contributed by atoms with van der Waals surface area (Å²) >= 11 is 0. The highest BCUT2D eigenvalue weighted by molar-refractivity contribution is 5.69. The van der Waals surface area contributed by atoms with Crippen molar-refractivity contribution in [1.29, 1.82) is 0 Å². The molecule has 0 heterocycles. The number of nitrogens with two attached hydrogens (primary N) is 1. The Morgan fingerprint density at radius 2 is 1.07 bits per heavy atom. The van der Waals surface area contributed by atoms with Crippen LogP contribution in [-0.4, -0.2) is 49.4 Å². The molecule has 5 nitrogen and oxygen atoms in total. The van der Waals surface area contributed by atoms with E-state index in [0.29, 0.717) is 12.8 Å². The van der Waals surface area contributed by atoms with Gasteiger partial charge in [-0.1, -0.05) is 117 Å². The van der Waals surface area contributed by atoms with Crippen LogP contribution in [0.1, 0.15) is 181 Å². The fourth-order valence-corrected chi connectivity index (χ4v) is 5.56. The zero-order valence-electron chi connectivity index (χ0n) is 27.1. The van der Waals surface area contributed by atoms with Crippen LogP contribution >= 0.6 is 0 Å². The quantitative estimate of drug-likeness (QED) is 0.0486. The van der Waals surface area contributed by atoms with Crippen molar-refractivity contribution in [2.75, 3.05) is 26.2 Å². The molecule has 0 radical (unpaired) electrons. The van der Waals surface area contributed by atoms with E-state index < -0.39 is 0 Å². The molecule has 0 aromatic carbocycles. The molecule has 0 bridgehead atoms. The SMILES string of the molecule is CCCCCCCCC(CCCCCCCC)OC(=O)CCCCCCCN(CCN)CCCCCCCC=O. The van der Waals surface area contributed by atoms with Crippen LogP contribution in [0.2, 0.25) is 0 Å². The fourth-order valence-electron chi connectivity index (χ4n) is 5.56. The van der Waals surface area contributed by atoms with E-state index in [4.69, 9.17) is 10.5 Å². The van der Waals surface area contributed by atoms with E-state index >= 15 is 0 Å². The van der Waals surface area contributed by atoms with E-state index in [1.165, 1.54) is 122 Å². The van der Waals surface area contributed by atoms with Gasteiger partial charge in [0, 0.05) is 25.9 Å². The predicted octanol–water partition coefficient (Wildman–Crippen LogP) is 9.54. The Bertz CT molecular complexity index is 513. The number of ether oxygens (including phenoxy) is 1. The largest absolute Gasteiger partial charge is 0.462 e. The second-order valence-electron chi connectivity index (χ2n) is 12.1. The molecule has 0 aliphatic carbocycles. The molecule has 0 aromatic rings. The normalized spacial score (nSPS) is 11.5. The van der Waals surface area contributed by atoms with Gasteiger partial charge in [-0.05, 0) is 64.5 Å². The van der Waals surface area contributed by atoms with Crippen LogP contribution < -0.4 is 5.73 Å². The average Bonchev–Trinajstić information content (AvgIpc) is 2.95. The predicted molar refractivity (Wildman–Crippen MR) is 173 cm³/mol. The molecule has 0 aliphatic rings. The molecule has 0 rings (SSSR count). The minimum atomic E-state index is 0.0299. The minimum absolute atomic E-state index is 0.0299. The van der Waals surface area contributed by atoms with Crippen molar-refractivity contribution in [3.05, 3.63) is 0 Å². The van der Waals surface area contributed by atoms with Gasteiger partial charge in [-0.15, -0.1) is 0 Å². The van der Waals surface area contributed by atoms with Crippen LogP contribution in [0.25, 0.3) is 0 Å². The lowest BCUT2D eigenvalue weighted by atomic mass is 10.0. The number of carbonyl (C=O) groups is 2. The summed E-state index contributed by atoms with van der Waals surface area (Å²) < 4.78 is 5.99. The zero-order valence-corrected chi connectivity index (χ0v) is 27.1. The van der Waals surface area contributed by atoms with Gasteiger partial charge in [0.05, 0.1) is 0 Å². The number of nitrogens with zero attached hydrogens (tertiary/aromatic N) is 1.